The first kappa shape index (κ1) is 18.5. The predicted octanol–water partition coefficient (Wildman–Crippen LogP) is 2.93. The number of carbonyl (C=O) groups is 2. The monoisotopic (exact) mass is 378 g/mol. The summed E-state index contributed by atoms with van der Waals surface area (Å²) in [5, 5.41) is 0. The van der Waals surface area contributed by atoms with E-state index in [1.54, 1.807) is 7.11 Å². The summed E-state index contributed by atoms with van der Waals surface area (Å²) in [7, 11) is 1.63. The number of hydrogen-bond donors (Lipinski definition) is 0. The van der Waals surface area contributed by atoms with Gasteiger partial charge in [-0.25, -0.2) is 0 Å². The third kappa shape index (κ3) is 3.61. The van der Waals surface area contributed by atoms with Crippen molar-refractivity contribution in [1.29, 1.82) is 0 Å². The van der Waals surface area contributed by atoms with Crippen molar-refractivity contribution in [3.05, 3.63) is 65.2 Å². The van der Waals surface area contributed by atoms with Crippen LogP contribution in [0.1, 0.15) is 34.3 Å². The van der Waals surface area contributed by atoms with Crippen LogP contribution in [0.15, 0.2) is 48.5 Å². The van der Waals surface area contributed by atoms with Crippen molar-refractivity contribution in [3.8, 4) is 5.75 Å². The number of ether oxygens (including phenoxy) is 1. The molecular weight excluding hydrogens is 352 g/mol. The molecule has 146 valence electrons. The molecule has 0 spiro atoms. The number of nitrogens with zero attached hydrogens (tertiary/aromatic N) is 2. The zero-order chi connectivity index (χ0) is 19.5. The minimum absolute atomic E-state index is 0.123. The molecule has 0 radical (unpaired) electrons. The highest BCUT2D eigenvalue weighted by molar-refractivity contribution is 5.97. The van der Waals surface area contributed by atoms with E-state index in [4.69, 9.17) is 4.74 Å². The van der Waals surface area contributed by atoms with Crippen molar-refractivity contribution in [3.63, 3.8) is 0 Å². The molecule has 0 N–H and O–H groups in total. The fourth-order valence-electron chi connectivity index (χ4n) is 4.34. The highest BCUT2D eigenvalue weighted by atomic mass is 16.5. The maximum absolute atomic E-state index is 12.9. The van der Waals surface area contributed by atoms with Crippen LogP contribution in [0.3, 0.4) is 0 Å². The third-order valence-corrected chi connectivity index (χ3v) is 5.92. The van der Waals surface area contributed by atoms with Gasteiger partial charge in [-0.15, -0.1) is 0 Å². The number of benzene rings is 2. The van der Waals surface area contributed by atoms with Crippen molar-refractivity contribution in [2.75, 3.05) is 26.7 Å². The van der Waals surface area contributed by atoms with Gasteiger partial charge >= 0.3 is 0 Å². The van der Waals surface area contributed by atoms with Crippen LogP contribution in [0.2, 0.25) is 0 Å². The van der Waals surface area contributed by atoms with Gasteiger partial charge in [-0.2, -0.15) is 0 Å². The number of methoxy groups -OCH3 is 1. The minimum Gasteiger partial charge on any atom is -0.496 e. The molecule has 28 heavy (non-hydrogen) atoms. The van der Waals surface area contributed by atoms with Crippen LogP contribution >= 0.6 is 0 Å². The summed E-state index contributed by atoms with van der Waals surface area (Å²) >= 11 is 0. The van der Waals surface area contributed by atoms with E-state index in [1.165, 1.54) is 0 Å². The molecule has 1 fully saturated rings. The quantitative estimate of drug-likeness (QED) is 0.822. The first-order valence-electron chi connectivity index (χ1n) is 9.96. The van der Waals surface area contributed by atoms with Gasteiger partial charge < -0.3 is 14.5 Å². The molecule has 2 aliphatic heterocycles. The van der Waals surface area contributed by atoms with Crippen LogP contribution < -0.4 is 4.74 Å². The van der Waals surface area contributed by atoms with E-state index in [1.807, 2.05) is 58.3 Å². The van der Waals surface area contributed by atoms with Gasteiger partial charge in [0.15, 0.2) is 0 Å². The lowest BCUT2D eigenvalue weighted by molar-refractivity contribution is -0.131. The lowest BCUT2D eigenvalue weighted by Crippen LogP contribution is -2.51. The van der Waals surface area contributed by atoms with Crippen molar-refractivity contribution < 1.29 is 14.3 Å². The Balaban J connectivity index is 1.36. The van der Waals surface area contributed by atoms with Crippen molar-refractivity contribution in [1.82, 2.24) is 9.80 Å². The Bertz CT molecular complexity index is 872. The number of piperidine rings is 1. The summed E-state index contributed by atoms with van der Waals surface area (Å²) in [5.74, 6) is 1.02. The van der Waals surface area contributed by atoms with Gasteiger partial charge in [-0.3, -0.25) is 9.59 Å². The molecule has 4 rings (SSSR count). The molecule has 0 bridgehead atoms. The van der Waals surface area contributed by atoms with E-state index >= 15 is 0 Å². The SMILES string of the molecule is COc1ccccc1CC(=O)N1CCC(N2CCc3ccccc3C2=O)CC1. The average molecular weight is 378 g/mol. The Morgan fingerprint density at radius 2 is 1.75 bits per heavy atom. The number of fused-ring (bicyclic) bond motifs is 1. The van der Waals surface area contributed by atoms with Crippen LogP contribution in [0.5, 0.6) is 5.75 Å². The maximum Gasteiger partial charge on any atom is 0.254 e. The molecule has 2 aromatic rings. The molecule has 2 aliphatic rings. The lowest BCUT2D eigenvalue weighted by Gasteiger charge is -2.40. The molecule has 2 aromatic carbocycles. The lowest BCUT2D eigenvalue weighted by atomic mass is 9.94. The first-order chi connectivity index (χ1) is 13.7. The van der Waals surface area contributed by atoms with Crippen molar-refractivity contribution in [2.45, 2.75) is 31.7 Å². The van der Waals surface area contributed by atoms with Crippen LogP contribution in [0.25, 0.3) is 0 Å². The van der Waals surface area contributed by atoms with Gasteiger partial charge in [0.2, 0.25) is 5.91 Å². The smallest absolute Gasteiger partial charge is 0.254 e. The normalized spacial score (nSPS) is 17.4. The first-order valence-corrected chi connectivity index (χ1v) is 9.96. The number of amides is 2. The Morgan fingerprint density at radius 1 is 1.04 bits per heavy atom. The Labute approximate surface area is 165 Å². The molecule has 2 heterocycles. The predicted molar refractivity (Wildman–Crippen MR) is 107 cm³/mol. The average Bonchev–Trinajstić information content (AvgIpc) is 2.75. The second-order valence-corrected chi connectivity index (χ2v) is 7.51. The zero-order valence-corrected chi connectivity index (χ0v) is 16.3. The maximum atomic E-state index is 12.9. The van der Waals surface area contributed by atoms with Crippen LogP contribution in [-0.4, -0.2) is 54.4 Å². The van der Waals surface area contributed by atoms with E-state index in [9.17, 15) is 9.59 Å². The molecule has 0 aromatic heterocycles. The zero-order valence-electron chi connectivity index (χ0n) is 16.3. The number of carbonyl (C=O) groups excluding carboxylic acids is 2. The largest absolute Gasteiger partial charge is 0.496 e. The Morgan fingerprint density at radius 3 is 2.54 bits per heavy atom. The third-order valence-electron chi connectivity index (χ3n) is 5.92. The van der Waals surface area contributed by atoms with Gasteiger partial charge in [0.25, 0.3) is 5.91 Å². The fourth-order valence-corrected chi connectivity index (χ4v) is 4.34. The summed E-state index contributed by atoms with van der Waals surface area (Å²) in [6, 6.07) is 15.8. The minimum atomic E-state index is 0.123. The number of rotatable bonds is 4. The molecule has 5 heteroatoms. The van der Waals surface area contributed by atoms with Crippen molar-refractivity contribution in [2.24, 2.45) is 0 Å². The second-order valence-electron chi connectivity index (χ2n) is 7.51. The Hall–Kier alpha value is -2.82. The molecule has 0 unspecified atom stereocenters. The summed E-state index contributed by atoms with van der Waals surface area (Å²) < 4.78 is 5.36. The molecule has 0 atom stereocenters. The molecule has 0 aliphatic carbocycles. The van der Waals surface area contributed by atoms with Crippen LogP contribution in [0.4, 0.5) is 0 Å². The number of para-hydroxylation sites is 1. The van der Waals surface area contributed by atoms with E-state index in [0.717, 1.165) is 48.2 Å². The standard InChI is InChI=1S/C23H26N2O3/c1-28-21-9-5-3-7-18(21)16-22(26)24-13-11-19(12-14-24)25-15-10-17-6-2-4-8-20(17)23(25)27/h2-9,19H,10-16H2,1H3. The molecule has 5 nitrogen and oxygen atoms in total. The summed E-state index contributed by atoms with van der Waals surface area (Å²) in [4.78, 5) is 29.6. The topological polar surface area (TPSA) is 49.9 Å². The van der Waals surface area contributed by atoms with E-state index in [-0.39, 0.29) is 17.9 Å². The van der Waals surface area contributed by atoms with Gasteiger partial charge in [-0.1, -0.05) is 36.4 Å². The summed E-state index contributed by atoms with van der Waals surface area (Å²) in [5.41, 5.74) is 2.90. The Kier molecular flexibility index (Phi) is 5.33. The second kappa shape index (κ2) is 8.05. The highest BCUT2D eigenvalue weighted by Crippen LogP contribution is 2.26. The van der Waals surface area contributed by atoms with Crippen molar-refractivity contribution >= 4 is 11.8 Å². The fraction of sp³-hybridized carbons (Fsp3) is 0.391. The van der Waals surface area contributed by atoms with Gasteiger partial charge in [-0.05, 0) is 37.0 Å². The van der Waals surface area contributed by atoms with Gasteiger partial charge in [0, 0.05) is 36.8 Å². The molecule has 2 amide bonds. The number of likely N-dealkylation sites (tertiary alicyclic amines) is 1. The number of hydrogen-bond acceptors (Lipinski definition) is 3. The molecule has 0 saturated carbocycles. The van der Waals surface area contributed by atoms with Gasteiger partial charge in [0.1, 0.15) is 5.75 Å². The van der Waals surface area contributed by atoms with Crippen LogP contribution in [-0.2, 0) is 17.6 Å². The van der Waals surface area contributed by atoms with Gasteiger partial charge in [0.05, 0.1) is 13.5 Å². The van der Waals surface area contributed by atoms with E-state index in [0.29, 0.717) is 19.5 Å². The summed E-state index contributed by atoms with van der Waals surface area (Å²) in [6.45, 7) is 2.17. The molecular formula is C23H26N2O3. The highest BCUT2D eigenvalue weighted by Gasteiger charge is 2.33. The summed E-state index contributed by atoms with van der Waals surface area (Å²) in [6.07, 6.45) is 2.94. The molecule has 1 saturated heterocycles. The van der Waals surface area contributed by atoms with Crippen LogP contribution in [0, 0.1) is 0 Å². The van der Waals surface area contributed by atoms with E-state index in [2.05, 4.69) is 0 Å². The van der Waals surface area contributed by atoms with E-state index < -0.39 is 0 Å².